The number of para-hydroxylation sites is 1. The molecule has 0 aliphatic heterocycles. The van der Waals surface area contributed by atoms with E-state index in [-0.39, 0.29) is 12.2 Å². The fourth-order valence-electron chi connectivity index (χ4n) is 2.71. The molecule has 27 heavy (non-hydrogen) atoms. The Bertz CT molecular complexity index is 817. The quantitative estimate of drug-likeness (QED) is 0.543. The standard InChI is InChI=1S/C20H23F3N2O2/c1-5-19(24-3)25-17-12-16(26-4)11-15(13(17)2)10-14-8-6-7-9-18(14)27-20(21,22)23/h6-9,11-12H,5,10H2,1-4H3,(H,24,25). The zero-order chi connectivity index (χ0) is 20.0. The fourth-order valence-corrected chi connectivity index (χ4v) is 2.71. The molecule has 0 unspecified atom stereocenters. The maximum atomic E-state index is 12.7. The number of aliphatic imine (C=N–C) groups is 1. The highest BCUT2D eigenvalue weighted by atomic mass is 19.4. The van der Waals surface area contributed by atoms with Crippen LogP contribution in [0.4, 0.5) is 18.9 Å². The summed E-state index contributed by atoms with van der Waals surface area (Å²) in [5.41, 5.74) is 2.99. The molecular formula is C20H23F3N2O2. The van der Waals surface area contributed by atoms with Crippen molar-refractivity contribution in [2.24, 2.45) is 4.99 Å². The summed E-state index contributed by atoms with van der Waals surface area (Å²) in [4.78, 5) is 4.19. The van der Waals surface area contributed by atoms with Gasteiger partial charge in [0.05, 0.1) is 7.11 Å². The lowest BCUT2D eigenvalue weighted by atomic mass is 9.98. The predicted octanol–water partition coefficient (Wildman–Crippen LogP) is 5.34. The fraction of sp³-hybridized carbons (Fsp3) is 0.350. The highest BCUT2D eigenvalue weighted by Crippen LogP contribution is 2.32. The van der Waals surface area contributed by atoms with Crippen molar-refractivity contribution < 1.29 is 22.6 Å². The lowest BCUT2D eigenvalue weighted by Crippen LogP contribution is -2.18. The number of nitrogens with one attached hydrogen (secondary N) is 1. The monoisotopic (exact) mass is 380 g/mol. The summed E-state index contributed by atoms with van der Waals surface area (Å²) in [5, 5.41) is 3.26. The minimum Gasteiger partial charge on any atom is -0.497 e. The number of halogens is 3. The van der Waals surface area contributed by atoms with Gasteiger partial charge < -0.3 is 14.8 Å². The molecule has 4 nitrogen and oxygen atoms in total. The Labute approximate surface area is 157 Å². The highest BCUT2D eigenvalue weighted by molar-refractivity contribution is 5.96. The van der Waals surface area contributed by atoms with Crippen LogP contribution in [0.5, 0.6) is 11.5 Å². The van der Waals surface area contributed by atoms with E-state index in [2.05, 4.69) is 15.0 Å². The van der Waals surface area contributed by atoms with E-state index in [4.69, 9.17) is 4.74 Å². The average molecular weight is 380 g/mol. The van der Waals surface area contributed by atoms with Gasteiger partial charge in [-0.1, -0.05) is 25.1 Å². The van der Waals surface area contributed by atoms with Gasteiger partial charge in [0.1, 0.15) is 17.3 Å². The van der Waals surface area contributed by atoms with Crippen LogP contribution in [0.15, 0.2) is 41.4 Å². The molecule has 2 rings (SSSR count). The minimum absolute atomic E-state index is 0.203. The van der Waals surface area contributed by atoms with Gasteiger partial charge in [0.2, 0.25) is 0 Å². The van der Waals surface area contributed by atoms with Gasteiger partial charge in [-0.15, -0.1) is 13.2 Å². The number of ether oxygens (including phenoxy) is 2. The molecule has 0 aliphatic rings. The lowest BCUT2D eigenvalue weighted by molar-refractivity contribution is -0.274. The average Bonchev–Trinajstić information content (AvgIpc) is 2.62. The van der Waals surface area contributed by atoms with Crippen LogP contribution in [-0.4, -0.2) is 26.4 Å². The zero-order valence-electron chi connectivity index (χ0n) is 15.8. The number of amidine groups is 1. The van der Waals surface area contributed by atoms with Gasteiger partial charge in [0.25, 0.3) is 0 Å². The maximum Gasteiger partial charge on any atom is 0.573 e. The first kappa shape index (κ1) is 20.6. The minimum atomic E-state index is -4.74. The second-order valence-electron chi connectivity index (χ2n) is 5.94. The van der Waals surface area contributed by atoms with Crippen molar-refractivity contribution in [2.45, 2.75) is 33.1 Å². The van der Waals surface area contributed by atoms with Gasteiger partial charge >= 0.3 is 6.36 Å². The Morgan fingerprint density at radius 1 is 1.15 bits per heavy atom. The van der Waals surface area contributed by atoms with Crippen molar-refractivity contribution in [3.8, 4) is 11.5 Å². The molecule has 2 aromatic rings. The molecule has 2 aromatic carbocycles. The molecule has 0 saturated heterocycles. The Kier molecular flexibility index (Phi) is 6.71. The van der Waals surface area contributed by atoms with E-state index in [1.54, 1.807) is 26.3 Å². The summed E-state index contributed by atoms with van der Waals surface area (Å²) in [6, 6.07) is 9.80. The number of methoxy groups -OCH3 is 1. The van der Waals surface area contributed by atoms with Crippen LogP contribution in [0.2, 0.25) is 0 Å². The SMILES string of the molecule is CCC(=NC)Nc1cc(OC)cc(Cc2ccccc2OC(F)(F)F)c1C. The third kappa shape index (κ3) is 5.64. The van der Waals surface area contributed by atoms with Gasteiger partial charge in [-0.2, -0.15) is 0 Å². The van der Waals surface area contributed by atoms with Crippen molar-refractivity contribution in [3.05, 3.63) is 53.1 Å². The molecule has 0 radical (unpaired) electrons. The van der Waals surface area contributed by atoms with Crippen LogP contribution in [-0.2, 0) is 6.42 Å². The first-order valence-electron chi connectivity index (χ1n) is 8.51. The van der Waals surface area contributed by atoms with Crippen molar-refractivity contribution in [2.75, 3.05) is 19.5 Å². The van der Waals surface area contributed by atoms with E-state index in [9.17, 15) is 13.2 Å². The van der Waals surface area contributed by atoms with Gasteiger partial charge in [-0.25, -0.2) is 0 Å². The van der Waals surface area contributed by atoms with Crippen LogP contribution in [0.25, 0.3) is 0 Å². The van der Waals surface area contributed by atoms with Gasteiger partial charge in [0.15, 0.2) is 0 Å². The summed E-state index contributed by atoms with van der Waals surface area (Å²) in [7, 11) is 3.25. The topological polar surface area (TPSA) is 42.9 Å². The number of alkyl halides is 3. The van der Waals surface area contributed by atoms with Crippen molar-refractivity contribution >= 4 is 11.5 Å². The Morgan fingerprint density at radius 2 is 1.85 bits per heavy atom. The Balaban J connectivity index is 2.42. The molecule has 0 spiro atoms. The van der Waals surface area contributed by atoms with Crippen molar-refractivity contribution in [1.29, 1.82) is 0 Å². The van der Waals surface area contributed by atoms with E-state index in [1.165, 1.54) is 12.1 Å². The van der Waals surface area contributed by atoms with E-state index in [1.807, 2.05) is 26.0 Å². The van der Waals surface area contributed by atoms with Crippen molar-refractivity contribution in [3.63, 3.8) is 0 Å². The third-order valence-electron chi connectivity index (χ3n) is 4.19. The number of nitrogens with zero attached hydrogens (tertiary/aromatic N) is 1. The molecule has 0 fully saturated rings. The highest BCUT2D eigenvalue weighted by Gasteiger charge is 2.32. The lowest BCUT2D eigenvalue weighted by Gasteiger charge is -2.18. The Hall–Kier alpha value is -2.70. The number of benzene rings is 2. The second kappa shape index (κ2) is 8.79. The smallest absolute Gasteiger partial charge is 0.497 e. The first-order valence-corrected chi connectivity index (χ1v) is 8.51. The first-order chi connectivity index (χ1) is 12.8. The molecule has 0 aromatic heterocycles. The van der Waals surface area contributed by atoms with E-state index in [0.29, 0.717) is 11.3 Å². The van der Waals surface area contributed by atoms with Gasteiger partial charge in [-0.05, 0) is 35.7 Å². The third-order valence-corrected chi connectivity index (χ3v) is 4.19. The van der Waals surface area contributed by atoms with Crippen molar-refractivity contribution in [1.82, 2.24) is 0 Å². The van der Waals surface area contributed by atoms with Crippen LogP contribution in [0.3, 0.4) is 0 Å². The molecular weight excluding hydrogens is 357 g/mol. The zero-order valence-corrected chi connectivity index (χ0v) is 15.8. The van der Waals surface area contributed by atoms with Gasteiger partial charge in [0, 0.05) is 31.6 Å². The van der Waals surface area contributed by atoms with Gasteiger partial charge in [-0.3, -0.25) is 4.99 Å². The molecule has 0 heterocycles. The summed E-state index contributed by atoms with van der Waals surface area (Å²) in [6.45, 7) is 3.89. The molecule has 146 valence electrons. The maximum absolute atomic E-state index is 12.7. The molecule has 0 atom stereocenters. The Morgan fingerprint density at radius 3 is 2.44 bits per heavy atom. The molecule has 0 bridgehead atoms. The number of anilines is 1. The molecule has 0 saturated carbocycles. The summed E-state index contributed by atoms with van der Waals surface area (Å²) < 4.78 is 47.6. The largest absolute Gasteiger partial charge is 0.573 e. The van der Waals surface area contributed by atoms with E-state index < -0.39 is 6.36 Å². The van der Waals surface area contributed by atoms with E-state index in [0.717, 1.165) is 29.1 Å². The number of hydrogen-bond acceptors (Lipinski definition) is 3. The number of rotatable bonds is 6. The normalized spacial score (nSPS) is 12.0. The van der Waals surface area contributed by atoms with Crippen LogP contribution >= 0.6 is 0 Å². The molecule has 0 aliphatic carbocycles. The summed E-state index contributed by atoms with van der Waals surface area (Å²) in [6.07, 6.45) is -3.74. The second-order valence-corrected chi connectivity index (χ2v) is 5.94. The summed E-state index contributed by atoms with van der Waals surface area (Å²) >= 11 is 0. The van der Waals surface area contributed by atoms with E-state index >= 15 is 0 Å². The summed E-state index contributed by atoms with van der Waals surface area (Å²) in [5.74, 6) is 1.21. The van der Waals surface area contributed by atoms with Crippen LogP contribution in [0, 0.1) is 6.92 Å². The predicted molar refractivity (Wildman–Crippen MR) is 101 cm³/mol. The van der Waals surface area contributed by atoms with Crippen LogP contribution < -0.4 is 14.8 Å². The molecule has 7 heteroatoms. The number of hydrogen-bond donors (Lipinski definition) is 1. The molecule has 0 amide bonds. The van der Waals surface area contributed by atoms with Crippen LogP contribution in [0.1, 0.15) is 30.0 Å². The molecule has 1 N–H and O–H groups in total.